The molecule has 0 aliphatic rings. The van der Waals surface area contributed by atoms with Gasteiger partial charge in [0, 0.05) is 11.1 Å². The summed E-state index contributed by atoms with van der Waals surface area (Å²) in [5.41, 5.74) is 1.17. The largest absolute Gasteiger partial charge is 0.310 e. The lowest BCUT2D eigenvalue weighted by atomic mass is 10.2. The molecule has 0 fully saturated rings. The van der Waals surface area contributed by atoms with Gasteiger partial charge in [-0.1, -0.05) is 29.8 Å². The number of halogens is 1. The van der Waals surface area contributed by atoms with Crippen molar-refractivity contribution in [2.45, 2.75) is 11.8 Å². The highest BCUT2D eigenvalue weighted by molar-refractivity contribution is 8.00. The number of nitrogens with zero attached hydrogens (tertiary/aromatic N) is 1. The Morgan fingerprint density at radius 2 is 2.11 bits per heavy atom. The molecule has 1 N–H and O–H groups in total. The maximum Gasteiger partial charge on any atom is 0.235 e. The van der Waals surface area contributed by atoms with Gasteiger partial charge in [-0.3, -0.25) is 4.79 Å². The first-order valence-electron chi connectivity index (χ1n) is 5.75. The fraction of sp³-hybridized carbons (Fsp3) is 0.143. The number of carbonyl (C=O) groups excluding carboxylic acids is 1. The molecule has 0 bridgehead atoms. The minimum absolute atomic E-state index is 0.0805. The topological polar surface area (TPSA) is 42.0 Å². The number of carbonyl (C=O) groups is 1. The number of rotatable bonds is 4. The Kier molecular flexibility index (Phi) is 4.82. The average Bonchev–Trinajstić information content (AvgIpc) is 2.40. The van der Waals surface area contributed by atoms with Crippen LogP contribution < -0.4 is 5.32 Å². The summed E-state index contributed by atoms with van der Waals surface area (Å²) >= 11 is 7.24. The summed E-state index contributed by atoms with van der Waals surface area (Å²) in [5, 5.41) is 3.28. The molecule has 0 saturated heterocycles. The van der Waals surface area contributed by atoms with Gasteiger partial charge in [0.25, 0.3) is 0 Å². The van der Waals surface area contributed by atoms with Crippen molar-refractivity contribution in [1.29, 1.82) is 0 Å². The molecule has 1 aromatic carbocycles. The predicted octanol–water partition coefficient (Wildman–Crippen LogP) is 3.77. The van der Waals surface area contributed by atoms with E-state index in [-0.39, 0.29) is 5.91 Å². The molecule has 0 spiro atoms. The van der Waals surface area contributed by atoms with Crippen LogP contribution in [0.2, 0.25) is 5.02 Å². The predicted molar refractivity (Wildman–Crippen MR) is 79.8 cm³/mol. The summed E-state index contributed by atoms with van der Waals surface area (Å²) in [6.07, 6.45) is 1.51. The number of nitrogens with one attached hydrogen (secondary N) is 1. The van der Waals surface area contributed by atoms with Gasteiger partial charge in [-0.15, -0.1) is 11.8 Å². The quantitative estimate of drug-likeness (QED) is 0.872. The Balaban J connectivity index is 1.88. The average molecular weight is 293 g/mol. The third kappa shape index (κ3) is 4.26. The Bertz CT molecular complexity index is 572. The lowest BCUT2D eigenvalue weighted by Crippen LogP contribution is -2.14. The van der Waals surface area contributed by atoms with Crippen molar-refractivity contribution < 1.29 is 4.79 Å². The van der Waals surface area contributed by atoms with Crippen LogP contribution in [0, 0.1) is 6.92 Å². The van der Waals surface area contributed by atoms with Crippen LogP contribution in [0.15, 0.2) is 47.5 Å². The summed E-state index contributed by atoms with van der Waals surface area (Å²) in [5.74, 6) is 0.790. The third-order valence-electron chi connectivity index (χ3n) is 2.45. The number of hydrogen-bond acceptors (Lipinski definition) is 3. The van der Waals surface area contributed by atoms with Gasteiger partial charge in [-0.05, 0) is 30.7 Å². The van der Waals surface area contributed by atoms with Crippen LogP contribution in [0.3, 0.4) is 0 Å². The van der Waals surface area contributed by atoms with Crippen molar-refractivity contribution in [2.24, 2.45) is 0 Å². The molecule has 0 unspecified atom stereocenters. The molecule has 0 aliphatic heterocycles. The van der Waals surface area contributed by atoms with Gasteiger partial charge in [0.05, 0.1) is 10.8 Å². The number of hydrogen-bond donors (Lipinski definition) is 1. The molecule has 98 valence electrons. The smallest absolute Gasteiger partial charge is 0.235 e. The second-order valence-corrected chi connectivity index (χ2v) is 5.42. The molecule has 1 amide bonds. The standard InChI is InChI=1S/C14H13ClN2OS/c1-10-4-2-3-5-12(10)19-9-14(18)17-13-7-6-11(15)8-16-13/h2-8H,9H2,1H3,(H,16,17,18). The molecular weight excluding hydrogens is 280 g/mol. The number of benzene rings is 1. The first kappa shape index (κ1) is 13.9. The van der Waals surface area contributed by atoms with E-state index in [2.05, 4.69) is 10.3 Å². The molecule has 1 aromatic heterocycles. The maximum absolute atomic E-state index is 11.8. The van der Waals surface area contributed by atoms with Gasteiger partial charge in [0.2, 0.25) is 5.91 Å². The zero-order valence-corrected chi connectivity index (χ0v) is 12.0. The fourth-order valence-corrected chi connectivity index (χ4v) is 2.43. The summed E-state index contributed by atoms with van der Waals surface area (Å²) in [7, 11) is 0. The molecule has 0 radical (unpaired) electrons. The Hall–Kier alpha value is -1.52. The molecule has 5 heteroatoms. The first-order valence-corrected chi connectivity index (χ1v) is 7.11. The van der Waals surface area contributed by atoms with Gasteiger partial charge in [0.1, 0.15) is 5.82 Å². The van der Waals surface area contributed by atoms with Crippen molar-refractivity contribution in [2.75, 3.05) is 11.1 Å². The lowest BCUT2D eigenvalue weighted by Gasteiger charge is -2.06. The molecule has 0 saturated carbocycles. The van der Waals surface area contributed by atoms with Gasteiger partial charge < -0.3 is 5.32 Å². The number of thioether (sulfide) groups is 1. The van der Waals surface area contributed by atoms with Gasteiger partial charge in [0.15, 0.2) is 0 Å². The first-order chi connectivity index (χ1) is 9.15. The number of anilines is 1. The van der Waals surface area contributed by atoms with E-state index >= 15 is 0 Å². The zero-order valence-electron chi connectivity index (χ0n) is 10.4. The fourth-order valence-electron chi connectivity index (χ4n) is 1.49. The van der Waals surface area contributed by atoms with E-state index in [0.717, 1.165) is 4.90 Å². The van der Waals surface area contributed by atoms with Crippen LogP contribution in [0.25, 0.3) is 0 Å². The molecule has 1 heterocycles. The van der Waals surface area contributed by atoms with Gasteiger partial charge >= 0.3 is 0 Å². The van der Waals surface area contributed by atoms with E-state index in [1.807, 2.05) is 31.2 Å². The molecule has 2 aromatic rings. The SMILES string of the molecule is Cc1ccccc1SCC(=O)Nc1ccc(Cl)cn1. The number of pyridine rings is 1. The van der Waals surface area contributed by atoms with Crippen LogP contribution in [0.5, 0.6) is 0 Å². The zero-order chi connectivity index (χ0) is 13.7. The highest BCUT2D eigenvalue weighted by atomic mass is 35.5. The summed E-state index contributed by atoms with van der Waals surface area (Å²) in [6, 6.07) is 11.4. The van der Waals surface area contributed by atoms with E-state index in [9.17, 15) is 4.79 Å². The Labute approximate surface area is 121 Å². The van der Waals surface area contributed by atoms with Crippen LogP contribution in [-0.4, -0.2) is 16.6 Å². The molecule has 0 atom stereocenters. The highest BCUT2D eigenvalue weighted by Gasteiger charge is 2.05. The van der Waals surface area contributed by atoms with E-state index in [0.29, 0.717) is 16.6 Å². The maximum atomic E-state index is 11.8. The summed E-state index contributed by atoms with van der Waals surface area (Å²) < 4.78 is 0. The van der Waals surface area contributed by atoms with Crippen molar-refractivity contribution >= 4 is 35.1 Å². The van der Waals surface area contributed by atoms with E-state index in [1.54, 1.807) is 12.1 Å². The lowest BCUT2D eigenvalue weighted by molar-refractivity contribution is -0.113. The summed E-state index contributed by atoms with van der Waals surface area (Å²) in [4.78, 5) is 16.9. The molecule has 19 heavy (non-hydrogen) atoms. The Morgan fingerprint density at radius 1 is 1.32 bits per heavy atom. The van der Waals surface area contributed by atoms with Crippen molar-refractivity contribution in [3.05, 3.63) is 53.2 Å². The van der Waals surface area contributed by atoms with E-state index < -0.39 is 0 Å². The van der Waals surface area contributed by atoms with Gasteiger partial charge in [-0.25, -0.2) is 4.98 Å². The highest BCUT2D eigenvalue weighted by Crippen LogP contribution is 2.21. The van der Waals surface area contributed by atoms with Crippen molar-refractivity contribution in [3.8, 4) is 0 Å². The molecule has 2 rings (SSSR count). The second kappa shape index (κ2) is 6.59. The molecule has 0 aliphatic carbocycles. The third-order valence-corrected chi connectivity index (χ3v) is 3.85. The summed E-state index contributed by atoms with van der Waals surface area (Å²) in [6.45, 7) is 2.03. The minimum atomic E-state index is -0.0805. The monoisotopic (exact) mass is 292 g/mol. The van der Waals surface area contributed by atoms with E-state index in [4.69, 9.17) is 11.6 Å². The van der Waals surface area contributed by atoms with Crippen molar-refractivity contribution in [1.82, 2.24) is 4.98 Å². The van der Waals surface area contributed by atoms with Crippen molar-refractivity contribution in [3.63, 3.8) is 0 Å². The second-order valence-electron chi connectivity index (χ2n) is 3.96. The van der Waals surface area contributed by atoms with Crippen LogP contribution in [-0.2, 0) is 4.79 Å². The normalized spacial score (nSPS) is 10.2. The van der Waals surface area contributed by atoms with Crippen LogP contribution in [0.4, 0.5) is 5.82 Å². The number of aromatic nitrogens is 1. The number of aryl methyl sites for hydroxylation is 1. The number of amides is 1. The molecule has 3 nitrogen and oxygen atoms in total. The van der Waals surface area contributed by atoms with Crippen LogP contribution >= 0.6 is 23.4 Å². The van der Waals surface area contributed by atoms with Gasteiger partial charge in [-0.2, -0.15) is 0 Å². The van der Waals surface area contributed by atoms with Crippen LogP contribution in [0.1, 0.15) is 5.56 Å². The van der Waals surface area contributed by atoms with E-state index in [1.165, 1.54) is 23.5 Å². The minimum Gasteiger partial charge on any atom is -0.310 e. The Morgan fingerprint density at radius 3 is 2.79 bits per heavy atom. The molecular formula is C14H13ClN2OS.